The summed E-state index contributed by atoms with van der Waals surface area (Å²) in [6, 6.07) is 13.1. The third-order valence-electron chi connectivity index (χ3n) is 3.60. The minimum atomic E-state index is -0.536. The van der Waals surface area contributed by atoms with Crippen molar-refractivity contribution in [1.29, 1.82) is 0 Å². The Hall–Kier alpha value is -2.53. The number of ether oxygens (including phenoxy) is 1. The van der Waals surface area contributed by atoms with Crippen LogP contribution in [0.2, 0.25) is 5.02 Å². The molecule has 0 unspecified atom stereocenters. The van der Waals surface area contributed by atoms with Gasteiger partial charge in [-0.25, -0.2) is 4.79 Å². The smallest absolute Gasteiger partial charge is 0.322 e. The number of hydrogen-bond donors (Lipinski definition) is 2. The van der Waals surface area contributed by atoms with Crippen LogP contribution < -0.4 is 15.4 Å². The Labute approximate surface area is 138 Å². The van der Waals surface area contributed by atoms with Crippen molar-refractivity contribution >= 4 is 23.5 Å². The Balaban J connectivity index is 1.64. The van der Waals surface area contributed by atoms with Gasteiger partial charge in [0.15, 0.2) is 0 Å². The zero-order chi connectivity index (χ0) is 16.2. The quantitative estimate of drug-likeness (QED) is 0.887. The van der Waals surface area contributed by atoms with Crippen molar-refractivity contribution in [1.82, 2.24) is 10.6 Å². The summed E-state index contributed by atoms with van der Waals surface area (Å²) in [6.45, 7) is 0.521. The van der Waals surface area contributed by atoms with E-state index < -0.39 is 11.9 Å². The lowest BCUT2D eigenvalue weighted by molar-refractivity contribution is 0.0962. The lowest BCUT2D eigenvalue weighted by Crippen LogP contribution is -2.42. The van der Waals surface area contributed by atoms with Gasteiger partial charge < -0.3 is 10.1 Å². The summed E-state index contributed by atoms with van der Waals surface area (Å²) in [7, 11) is 0. The first kappa shape index (κ1) is 15.4. The largest absolute Gasteiger partial charge is 0.493 e. The summed E-state index contributed by atoms with van der Waals surface area (Å²) in [6.07, 6.45) is 0.652. The molecular formula is C17H15ClN2O3. The van der Waals surface area contributed by atoms with Crippen LogP contribution >= 0.6 is 11.6 Å². The molecule has 1 heterocycles. The summed E-state index contributed by atoms with van der Waals surface area (Å²) < 4.78 is 5.55. The van der Waals surface area contributed by atoms with E-state index in [1.165, 1.54) is 0 Å². The van der Waals surface area contributed by atoms with Gasteiger partial charge in [-0.1, -0.05) is 29.8 Å². The Morgan fingerprint density at radius 2 is 1.83 bits per heavy atom. The normalized spacial score (nSPS) is 16.0. The highest BCUT2D eigenvalue weighted by Gasteiger charge is 2.23. The number of hydrogen-bond acceptors (Lipinski definition) is 3. The third-order valence-corrected chi connectivity index (χ3v) is 3.85. The fourth-order valence-corrected chi connectivity index (χ4v) is 2.59. The van der Waals surface area contributed by atoms with E-state index >= 15 is 0 Å². The minimum absolute atomic E-state index is 0.182. The van der Waals surface area contributed by atoms with Crippen LogP contribution in [0, 0.1) is 0 Å². The first-order valence-corrected chi connectivity index (χ1v) is 7.60. The summed E-state index contributed by atoms with van der Waals surface area (Å²) in [4.78, 5) is 24.1. The maximum absolute atomic E-state index is 12.1. The van der Waals surface area contributed by atoms with E-state index in [0.717, 1.165) is 11.3 Å². The number of nitrogens with one attached hydrogen (secondary N) is 2. The van der Waals surface area contributed by atoms with E-state index in [2.05, 4.69) is 10.6 Å². The molecule has 2 N–H and O–H groups in total. The second kappa shape index (κ2) is 6.71. The molecule has 1 aliphatic rings. The summed E-state index contributed by atoms with van der Waals surface area (Å²) in [5.41, 5.74) is 1.28. The molecule has 0 aromatic heterocycles. The first-order chi connectivity index (χ1) is 11.1. The van der Waals surface area contributed by atoms with E-state index in [-0.39, 0.29) is 6.04 Å². The average Bonchev–Trinajstić information content (AvgIpc) is 2.55. The Morgan fingerprint density at radius 3 is 2.61 bits per heavy atom. The Morgan fingerprint density at radius 1 is 1.09 bits per heavy atom. The average molecular weight is 331 g/mol. The van der Waals surface area contributed by atoms with Gasteiger partial charge in [0.25, 0.3) is 5.91 Å². The van der Waals surface area contributed by atoms with Gasteiger partial charge in [-0.15, -0.1) is 0 Å². The highest BCUT2D eigenvalue weighted by molar-refractivity contribution is 6.30. The van der Waals surface area contributed by atoms with E-state index in [0.29, 0.717) is 23.6 Å². The van der Waals surface area contributed by atoms with Crippen molar-refractivity contribution in [3.8, 4) is 5.75 Å². The maximum atomic E-state index is 12.1. The van der Waals surface area contributed by atoms with E-state index in [9.17, 15) is 9.59 Å². The van der Waals surface area contributed by atoms with Crippen LogP contribution in [0.25, 0.3) is 0 Å². The van der Waals surface area contributed by atoms with E-state index in [1.54, 1.807) is 24.3 Å². The zero-order valence-electron chi connectivity index (χ0n) is 12.2. The van der Waals surface area contributed by atoms with Crippen LogP contribution in [-0.4, -0.2) is 18.5 Å². The van der Waals surface area contributed by atoms with Crippen molar-refractivity contribution in [2.24, 2.45) is 0 Å². The molecule has 1 atom stereocenters. The van der Waals surface area contributed by atoms with E-state index in [1.807, 2.05) is 24.3 Å². The number of urea groups is 1. The van der Waals surface area contributed by atoms with Crippen LogP contribution in [0.1, 0.15) is 28.4 Å². The van der Waals surface area contributed by atoms with Gasteiger partial charge in [0.1, 0.15) is 5.75 Å². The Bertz CT molecular complexity index is 731. The fourth-order valence-electron chi connectivity index (χ4n) is 2.46. The number of para-hydroxylation sites is 1. The minimum Gasteiger partial charge on any atom is -0.493 e. The lowest BCUT2D eigenvalue weighted by Gasteiger charge is -2.26. The van der Waals surface area contributed by atoms with Crippen LogP contribution in [0.3, 0.4) is 0 Å². The number of carbonyl (C=O) groups is 2. The highest BCUT2D eigenvalue weighted by Crippen LogP contribution is 2.31. The second-order valence-electron chi connectivity index (χ2n) is 5.16. The van der Waals surface area contributed by atoms with Gasteiger partial charge in [-0.2, -0.15) is 0 Å². The molecule has 23 heavy (non-hydrogen) atoms. The molecule has 0 saturated carbocycles. The van der Waals surface area contributed by atoms with Crippen molar-refractivity contribution in [2.45, 2.75) is 12.5 Å². The number of fused-ring (bicyclic) bond motifs is 1. The van der Waals surface area contributed by atoms with E-state index in [4.69, 9.17) is 16.3 Å². The number of amides is 3. The predicted octanol–water partition coefficient (Wildman–Crippen LogP) is 3.30. The van der Waals surface area contributed by atoms with Crippen LogP contribution in [-0.2, 0) is 0 Å². The van der Waals surface area contributed by atoms with Crippen LogP contribution in [0.15, 0.2) is 48.5 Å². The molecular weight excluding hydrogens is 316 g/mol. The number of imide groups is 1. The van der Waals surface area contributed by atoms with Crippen molar-refractivity contribution in [3.05, 3.63) is 64.7 Å². The molecule has 0 spiro atoms. The summed E-state index contributed by atoms with van der Waals surface area (Å²) in [5, 5.41) is 5.66. The molecule has 2 aromatic rings. The zero-order valence-corrected chi connectivity index (χ0v) is 13.0. The first-order valence-electron chi connectivity index (χ1n) is 7.22. The van der Waals surface area contributed by atoms with Crippen LogP contribution in [0.4, 0.5) is 4.79 Å². The molecule has 3 amide bonds. The van der Waals surface area contributed by atoms with Gasteiger partial charge in [-0.05, 0) is 30.3 Å². The molecule has 118 valence electrons. The van der Waals surface area contributed by atoms with Gasteiger partial charge in [0.05, 0.1) is 12.6 Å². The SMILES string of the molecule is O=C(NC(=O)c1ccc(Cl)cc1)N[C@H]1CCOc2ccccc21. The number of benzene rings is 2. The predicted molar refractivity (Wildman–Crippen MR) is 86.7 cm³/mol. The molecule has 0 saturated heterocycles. The monoisotopic (exact) mass is 330 g/mol. The third kappa shape index (κ3) is 3.63. The maximum Gasteiger partial charge on any atom is 0.322 e. The Kier molecular flexibility index (Phi) is 4.48. The number of carbonyl (C=O) groups excluding carboxylic acids is 2. The summed E-state index contributed by atoms with van der Waals surface area (Å²) >= 11 is 5.78. The molecule has 0 radical (unpaired) electrons. The molecule has 2 aromatic carbocycles. The van der Waals surface area contributed by atoms with Crippen LogP contribution in [0.5, 0.6) is 5.75 Å². The van der Waals surface area contributed by atoms with Crippen molar-refractivity contribution < 1.29 is 14.3 Å². The summed E-state index contributed by atoms with van der Waals surface area (Å²) in [5.74, 6) is 0.285. The van der Waals surface area contributed by atoms with Crippen molar-refractivity contribution in [3.63, 3.8) is 0 Å². The van der Waals surface area contributed by atoms with Crippen molar-refractivity contribution in [2.75, 3.05) is 6.61 Å². The number of rotatable bonds is 2. The highest BCUT2D eigenvalue weighted by atomic mass is 35.5. The lowest BCUT2D eigenvalue weighted by atomic mass is 10.0. The fraction of sp³-hybridized carbons (Fsp3) is 0.176. The second-order valence-corrected chi connectivity index (χ2v) is 5.60. The molecule has 0 aliphatic carbocycles. The van der Waals surface area contributed by atoms with Gasteiger partial charge in [0.2, 0.25) is 0 Å². The van der Waals surface area contributed by atoms with Gasteiger partial charge in [0, 0.05) is 22.6 Å². The topological polar surface area (TPSA) is 67.4 Å². The molecule has 3 rings (SSSR count). The standard InChI is InChI=1S/C17H15ClN2O3/c18-12-7-5-11(6-8-12)16(21)20-17(22)19-14-9-10-23-15-4-2-1-3-13(14)15/h1-8,14H,9-10H2,(H2,19,20,21,22)/t14-/m0/s1. The molecule has 6 heteroatoms. The van der Waals surface area contributed by atoms with Gasteiger partial charge >= 0.3 is 6.03 Å². The molecule has 0 fully saturated rings. The number of halogens is 1. The molecule has 1 aliphatic heterocycles. The van der Waals surface area contributed by atoms with Gasteiger partial charge in [-0.3, -0.25) is 10.1 Å². The molecule has 5 nitrogen and oxygen atoms in total. The molecule has 0 bridgehead atoms.